The Hall–Kier alpha value is -3.69. The minimum Gasteiger partial charge on any atom is -0.444 e. The molecule has 2 atom stereocenters. The number of benzene rings is 2. The topological polar surface area (TPSA) is 109 Å². The van der Waals surface area contributed by atoms with Crippen LogP contribution in [0.15, 0.2) is 82.6 Å². The standard InChI is InChI=1S/C25H23N3O5S/c1-2-23(29)27-24-12-18-14-28(15-22(18)33-24)34(31,32)19-10-8-17(9-11-19)25(30)26-21-13-20(21)16-6-4-3-5-7-16/h2-12,20-21H,1,13-15H2,(H,26,30)(H,27,29)/t20?,21-/m1/s1. The number of fused-ring (bicyclic) bond motifs is 1. The average Bonchev–Trinajstić information content (AvgIpc) is 3.33. The zero-order valence-corrected chi connectivity index (χ0v) is 19.0. The highest BCUT2D eigenvalue weighted by Gasteiger charge is 2.39. The maximum absolute atomic E-state index is 13.1. The van der Waals surface area contributed by atoms with Crippen LogP contribution in [-0.4, -0.2) is 30.6 Å². The van der Waals surface area contributed by atoms with Crippen molar-refractivity contribution in [3.05, 3.63) is 95.8 Å². The first-order chi connectivity index (χ1) is 16.3. The van der Waals surface area contributed by atoms with Crippen LogP contribution in [0.3, 0.4) is 0 Å². The Morgan fingerprint density at radius 1 is 1.06 bits per heavy atom. The summed E-state index contributed by atoms with van der Waals surface area (Å²) in [5, 5.41) is 5.54. The Morgan fingerprint density at radius 2 is 1.79 bits per heavy atom. The Labute approximate surface area is 197 Å². The van der Waals surface area contributed by atoms with Crippen molar-refractivity contribution in [3.63, 3.8) is 0 Å². The number of rotatable bonds is 7. The second-order valence-electron chi connectivity index (χ2n) is 8.38. The van der Waals surface area contributed by atoms with Gasteiger partial charge in [0.2, 0.25) is 15.9 Å². The van der Waals surface area contributed by atoms with Crippen molar-refractivity contribution in [1.29, 1.82) is 0 Å². The summed E-state index contributed by atoms with van der Waals surface area (Å²) in [7, 11) is -3.78. The number of amides is 2. The molecule has 34 heavy (non-hydrogen) atoms. The van der Waals surface area contributed by atoms with Crippen LogP contribution < -0.4 is 10.6 Å². The van der Waals surface area contributed by atoms with Crippen molar-refractivity contribution in [2.45, 2.75) is 36.4 Å². The highest BCUT2D eigenvalue weighted by atomic mass is 32.2. The monoisotopic (exact) mass is 477 g/mol. The predicted molar refractivity (Wildman–Crippen MR) is 125 cm³/mol. The minimum absolute atomic E-state index is 0.0619. The van der Waals surface area contributed by atoms with Crippen LogP contribution in [-0.2, 0) is 27.9 Å². The molecule has 2 heterocycles. The van der Waals surface area contributed by atoms with Crippen LogP contribution in [0.1, 0.15) is 39.6 Å². The fourth-order valence-electron chi connectivity index (χ4n) is 4.15. The van der Waals surface area contributed by atoms with Gasteiger partial charge in [-0.15, -0.1) is 0 Å². The lowest BCUT2D eigenvalue weighted by atomic mass is 10.1. The summed E-state index contributed by atoms with van der Waals surface area (Å²) in [5.41, 5.74) is 2.30. The molecule has 1 saturated carbocycles. The molecule has 3 aromatic rings. The molecule has 1 aliphatic heterocycles. The van der Waals surface area contributed by atoms with Gasteiger partial charge in [0.15, 0.2) is 5.88 Å². The Kier molecular flexibility index (Phi) is 5.59. The zero-order valence-electron chi connectivity index (χ0n) is 18.2. The summed E-state index contributed by atoms with van der Waals surface area (Å²) in [6, 6.07) is 17.7. The summed E-state index contributed by atoms with van der Waals surface area (Å²) >= 11 is 0. The smallest absolute Gasteiger partial charge is 0.251 e. The van der Waals surface area contributed by atoms with Gasteiger partial charge >= 0.3 is 0 Å². The van der Waals surface area contributed by atoms with E-state index in [1.807, 2.05) is 18.2 Å². The Bertz CT molecular complexity index is 1340. The van der Waals surface area contributed by atoms with Crippen molar-refractivity contribution >= 4 is 27.7 Å². The summed E-state index contributed by atoms with van der Waals surface area (Å²) < 4.78 is 33.0. The van der Waals surface area contributed by atoms with E-state index >= 15 is 0 Å². The van der Waals surface area contributed by atoms with E-state index in [2.05, 4.69) is 29.3 Å². The van der Waals surface area contributed by atoms with E-state index in [4.69, 9.17) is 4.42 Å². The van der Waals surface area contributed by atoms with Gasteiger partial charge in [-0.2, -0.15) is 4.31 Å². The van der Waals surface area contributed by atoms with E-state index in [1.54, 1.807) is 6.07 Å². The number of anilines is 1. The van der Waals surface area contributed by atoms with Crippen molar-refractivity contribution in [1.82, 2.24) is 9.62 Å². The normalized spacial score (nSPS) is 19.3. The molecule has 1 aliphatic carbocycles. The molecular formula is C25H23N3O5S. The highest BCUT2D eigenvalue weighted by Crippen LogP contribution is 2.40. The van der Waals surface area contributed by atoms with Crippen LogP contribution >= 0.6 is 0 Å². The van der Waals surface area contributed by atoms with Gasteiger partial charge in [-0.3, -0.25) is 14.9 Å². The second-order valence-corrected chi connectivity index (χ2v) is 10.3. The van der Waals surface area contributed by atoms with E-state index in [-0.39, 0.29) is 35.8 Å². The van der Waals surface area contributed by atoms with E-state index in [0.717, 1.165) is 12.5 Å². The lowest BCUT2D eigenvalue weighted by Crippen LogP contribution is -2.27. The molecule has 2 amide bonds. The van der Waals surface area contributed by atoms with Gasteiger partial charge in [0.25, 0.3) is 5.91 Å². The third kappa shape index (κ3) is 4.27. The van der Waals surface area contributed by atoms with Gasteiger partial charge in [-0.25, -0.2) is 8.42 Å². The maximum atomic E-state index is 13.1. The van der Waals surface area contributed by atoms with Gasteiger partial charge in [-0.05, 0) is 42.3 Å². The third-order valence-corrected chi connectivity index (χ3v) is 7.89. The van der Waals surface area contributed by atoms with Crippen LogP contribution in [0.25, 0.3) is 0 Å². The van der Waals surface area contributed by atoms with Crippen LogP contribution in [0.5, 0.6) is 0 Å². The molecule has 9 heteroatoms. The highest BCUT2D eigenvalue weighted by molar-refractivity contribution is 7.89. The van der Waals surface area contributed by atoms with Crippen molar-refractivity contribution in [3.8, 4) is 0 Å². The molecule has 5 rings (SSSR count). The van der Waals surface area contributed by atoms with Crippen molar-refractivity contribution in [2.24, 2.45) is 0 Å². The largest absolute Gasteiger partial charge is 0.444 e. The Balaban J connectivity index is 1.21. The van der Waals surface area contributed by atoms with E-state index in [0.29, 0.717) is 22.8 Å². The first-order valence-electron chi connectivity index (χ1n) is 10.9. The molecule has 1 aromatic heterocycles. The molecule has 2 aliphatic rings. The molecule has 174 valence electrons. The second kappa shape index (κ2) is 8.58. The number of hydrogen-bond acceptors (Lipinski definition) is 5. The van der Waals surface area contributed by atoms with Gasteiger partial charge < -0.3 is 9.73 Å². The summed E-state index contributed by atoms with van der Waals surface area (Å²) in [6.45, 7) is 3.58. The van der Waals surface area contributed by atoms with Crippen LogP contribution in [0, 0.1) is 0 Å². The molecule has 0 bridgehead atoms. The van der Waals surface area contributed by atoms with Crippen molar-refractivity contribution < 1.29 is 22.4 Å². The third-order valence-electron chi connectivity index (χ3n) is 6.08. The first-order valence-corrected chi connectivity index (χ1v) is 12.3. The van der Waals surface area contributed by atoms with E-state index in [9.17, 15) is 18.0 Å². The van der Waals surface area contributed by atoms with E-state index in [1.165, 1.54) is 34.1 Å². The predicted octanol–water partition coefficient (Wildman–Crippen LogP) is 3.39. The van der Waals surface area contributed by atoms with Gasteiger partial charge in [-0.1, -0.05) is 36.9 Å². The number of carbonyl (C=O) groups excluding carboxylic acids is 2. The summed E-state index contributed by atoms with van der Waals surface area (Å²) in [5.74, 6) is 0.431. The number of nitrogens with zero attached hydrogens (tertiary/aromatic N) is 1. The van der Waals surface area contributed by atoms with E-state index < -0.39 is 15.9 Å². The SMILES string of the molecule is C=CC(=O)Nc1cc2c(o1)CN(S(=O)(=O)c1ccc(C(=O)N[C@@H]3CC3c3ccccc3)cc1)C2. The number of hydrogen-bond donors (Lipinski definition) is 2. The fraction of sp³-hybridized carbons (Fsp3) is 0.200. The van der Waals surface area contributed by atoms with Gasteiger partial charge in [0.05, 0.1) is 11.4 Å². The van der Waals surface area contributed by atoms with Crippen LogP contribution in [0.4, 0.5) is 5.88 Å². The molecular weight excluding hydrogens is 454 g/mol. The molecule has 0 radical (unpaired) electrons. The quantitative estimate of drug-likeness (QED) is 0.507. The maximum Gasteiger partial charge on any atom is 0.251 e. The number of carbonyl (C=O) groups is 2. The molecule has 2 aromatic carbocycles. The molecule has 0 saturated heterocycles. The average molecular weight is 478 g/mol. The molecule has 2 N–H and O–H groups in total. The summed E-state index contributed by atoms with van der Waals surface area (Å²) in [4.78, 5) is 24.1. The van der Waals surface area contributed by atoms with Crippen molar-refractivity contribution in [2.75, 3.05) is 5.32 Å². The molecule has 0 spiro atoms. The summed E-state index contributed by atoms with van der Waals surface area (Å²) in [6.07, 6.45) is 2.02. The zero-order chi connectivity index (χ0) is 23.9. The number of sulfonamides is 1. The lowest BCUT2D eigenvalue weighted by molar-refractivity contribution is -0.112. The molecule has 1 unspecified atom stereocenters. The number of nitrogens with one attached hydrogen (secondary N) is 2. The first kappa shape index (κ1) is 22.1. The fourth-order valence-corrected chi connectivity index (χ4v) is 5.52. The minimum atomic E-state index is -3.78. The lowest BCUT2D eigenvalue weighted by Gasteiger charge is -2.16. The molecule has 1 fully saturated rings. The van der Waals surface area contributed by atoms with Crippen LogP contribution in [0.2, 0.25) is 0 Å². The Morgan fingerprint density at radius 3 is 2.47 bits per heavy atom. The van der Waals surface area contributed by atoms with Gasteiger partial charge in [0.1, 0.15) is 5.76 Å². The van der Waals surface area contributed by atoms with Gasteiger partial charge in [0, 0.05) is 35.7 Å². The number of furan rings is 1. The molecule has 8 nitrogen and oxygen atoms in total.